The highest BCUT2D eigenvalue weighted by atomic mass is 79.9. The molecule has 0 bridgehead atoms. The molecule has 0 amide bonds. The van der Waals surface area contributed by atoms with Gasteiger partial charge in [-0.15, -0.1) is 0 Å². The molecule has 0 saturated carbocycles. The van der Waals surface area contributed by atoms with Crippen molar-refractivity contribution in [2.75, 3.05) is 5.32 Å². The molecule has 0 atom stereocenters. The van der Waals surface area contributed by atoms with Crippen molar-refractivity contribution in [3.05, 3.63) is 63.1 Å². The molecule has 1 N–H and O–H groups in total. The topological polar surface area (TPSA) is 35.8 Å². The summed E-state index contributed by atoms with van der Waals surface area (Å²) in [4.78, 5) is 0. The van der Waals surface area contributed by atoms with E-state index in [0.717, 1.165) is 22.3 Å². The Morgan fingerprint density at radius 2 is 1.68 bits per heavy atom. The Balaban J connectivity index is 2.08. The van der Waals surface area contributed by atoms with E-state index in [4.69, 9.17) is 5.26 Å². The summed E-state index contributed by atoms with van der Waals surface area (Å²) in [5, 5.41) is 12.2. The minimum Gasteiger partial charge on any atom is -0.381 e. The van der Waals surface area contributed by atoms with Gasteiger partial charge in [-0.3, -0.25) is 0 Å². The van der Waals surface area contributed by atoms with Crippen molar-refractivity contribution in [1.82, 2.24) is 0 Å². The first-order chi connectivity index (χ1) is 9.10. The molecule has 0 aliphatic carbocycles. The molecule has 0 saturated heterocycles. The summed E-state index contributed by atoms with van der Waals surface area (Å²) in [5.74, 6) is 0. The van der Waals surface area contributed by atoms with Crippen molar-refractivity contribution in [2.24, 2.45) is 0 Å². The predicted octanol–water partition coefficient (Wildman–Crippen LogP) is 4.55. The van der Waals surface area contributed by atoms with Gasteiger partial charge in [0.05, 0.1) is 11.6 Å². The van der Waals surface area contributed by atoms with Crippen molar-refractivity contribution in [1.29, 1.82) is 5.26 Å². The van der Waals surface area contributed by atoms with Crippen LogP contribution in [0.15, 0.2) is 40.9 Å². The van der Waals surface area contributed by atoms with Crippen LogP contribution in [0.5, 0.6) is 0 Å². The quantitative estimate of drug-likeness (QED) is 0.902. The lowest BCUT2D eigenvalue weighted by atomic mass is 10.1. The molecule has 0 radical (unpaired) electrons. The highest BCUT2D eigenvalue weighted by molar-refractivity contribution is 9.10. The van der Waals surface area contributed by atoms with Crippen LogP contribution in [-0.2, 0) is 6.54 Å². The lowest BCUT2D eigenvalue weighted by molar-refractivity contribution is 1.14. The average molecular weight is 315 g/mol. The number of aryl methyl sites for hydroxylation is 2. The van der Waals surface area contributed by atoms with Gasteiger partial charge in [0.25, 0.3) is 0 Å². The zero-order valence-corrected chi connectivity index (χ0v) is 12.6. The monoisotopic (exact) mass is 314 g/mol. The first kappa shape index (κ1) is 13.6. The van der Waals surface area contributed by atoms with E-state index in [0.29, 0.717) is 5.56 Å². The second-order valence-electron chi connectivity index (χ2n) is 4.59. The number of nitrogens with zero attached hydrogens (tertiary/aromatic N) is 1. The highest BCUT2D eigenvalue weighted by Gasteiger charge is 2.02. The van der Waals surface area contributed by atoms with Gasteiger partial charge < -0.3 is 5.32 Å². The maximum absolute atomic E-state index is 8.75. The molecule has 0 heterocycles. The number of benzene rings is 2. The number of hydrogen-bond acceptors (Lipinski definition) is 2. The van der Waals surface area contributed by atoms with Gasteiger partial charge >= 0.3 is 0 Å². The van der Waals surface area contributed by atoms with Gasteiger partial charge in [-0.25, -0.2) is 0 Å². The van der Waals surface area contributed by atoms with Gasteiger partial charge in [-0.1, -0.05) is 28.1 Å². The van der Waals surface area contributed by atoms with E-state index in [1.54, 1.807) is 0 Å². The normalized spacial score (nSPS) is 10.0. The van der Waals surface area contributed by atoms with Gasteiger partial charge in [0.1, 0.15) is 0 Å². The third kappa shape index (κ3) is 3.36. The van der Waals surface area contributed by atoms with E-state index in [-0.39, 0.29) is 0 Å². The first-order valence-corrected chi connectivity index (χ1v) is 6.89. The van der Waals surface area contributed by atoms with E-state index >= 15 is 0 Å². The molecule has 2 aromatic rings. The molecule has 0 aromatic heterocycles. The molecule has 3 heteroatoms. The number of halogens is 1. The van der Waals surface area contributed by atoms with Crippen molar-refractivity contribution >= 4 is 21.6 Å². The van der Waals surface area contributed by atoms with Crippen molar-refractivity contribution in [2.45, 2.75) is 20.4 Å². The Morgan fingerprint density at radius 3 is 2.21 bits per heavy atom. The summed E-state index contributed by atoms with van der Waals surface area (Å²) in [6.07, 6.45) is 0. The van der Waals surface area contributed by atoms with Gasteiger partial charge in [-0.2, -0.15) is 5.26 Å². The number of rotatable bonds is 3. The fourth-order valence-electron chi connectivity index (χ4n) is 1.95. The number of nitrogens with one attached hydrogen (secondary N) is 1. The van der Waals surface area contributed by atoms with Crippen LogP contribution in [0.3, 0.4) is 0 Å². The molecule has 0 aliphatic heterocycles. The summed E-state index contributed by atoms with van der Waals surface area (Å²) in [6.45, 7) is 4.93. The summed E-state index contributed by atoms with van der Waals surface area (Å²) < 4.78 is 1.16. The summed E-state index contributed by atoms with van der Waals surface area (Å²) in [6, 6.07) is 14.0. The van der Waals surface area contributed by atoms with Crippen molar-refractivity contribution < 1.29 is 0 Å². The lowest BCUT2D eigenvalue weighted by Gasteiger charge is -2.10. The Bertz CT molecular complexity index is 601. The molecule has 2 nitrogen and oxygen atoms in total. The fraction of sp³-hybridized carbons (Fsp3) is 0.188. The zero-order chi connectivity index (χ0) is 13.8. The van der Waals surface area contributed by atoms with Crippen LogP contribution in [0.2, 0.25) is 0 Å². The smallest absolute Gasteiger partial charge is 0.0991 e. The van der Waals surface area contributed by atoms with Crippen LogP contribution in [0, 0.1) is 25.2 Å². The van der Waals surface area contributed by atoms with Gasteiger partial charge in [0.2, 0.25) is 0 Å². The molecule has 0 spiro atoms. The van der Waals surface area contributed by atoms with E-state index < -0.39 is 0 Å². The van der Waals surface area contributed by atoms with Crippen LogP contribution >= 0.6 is 15.9 Å². The largest absolute Gasteiger partial charge is 0.381 e. The average Bonchev–Trinajstić information content (AvgIpc) is 2.43. The summed E-state index contributed by atoms with van der Waals surface area (Å²) >= 11 is 3.57. The zero-order valence-electron chi connectivity index (χ0n) is 11.0. The van der Waals surface area contributed by atoms with Crippen LogP contribution in [-0.4, -0.2) is 0 Å². The summed E-state index contributed by atoms with van der Waals surface area (Å²) in [7, 11) is 0. The molecule has 2 aromatic carbocycles. The second kappa shape index (κ2) is 5.90. The van der Waals surface area contributed by atoms with Crippen LogP contribution in [0.4, 0.5) is 5.69 Å². The van der Waals surface area contributed by atoms with Crippen molar-refractivity contribution in [3.8, 4) is 6.07 Å². The van der Waals surface area contributed by atoms with Crippen LogP contribution in [0.25, 0.3) is 0 Å². The van der Waals surface area contributed by atoms with E-state index in [2.05, 4.69) is 53.3 Å². The van der Waals surface area contributed by atoms with Crippen LogP contribution in [0.1, 0.15) is 22.3 Å². The Kier molecular flexibility index (Phi) is 4.24. The molecule has 0 fully saturated rings. The number of anilines is 1. The fourth-order valence-corrected chi connectivity index (χ4v) is 2.18. The Labute approximate surface area is 122 Å². The molecule has 0 aliphatic rings. The molecule has 19 heavy (non-hydrogen) atoms. The molecule has 0 unspecified atom stereocenters. The van der Waals surface area contributed by atoms with Crippen LogP contribution < -0.4 is 5.32 Å². The number of hydrogen-bond donors (Lipinski definition) is 1. The minimum atomic E-state index is 0.694. The maximum Gasteiger partial charge on any atom is 0.0991 e. The van der Waals surface area contributed by atoms with E-state index in [9.17, 15) is 0 Å². The molecular weight excluding hydrogens is 300 g/mol. The SMILES string of the molecule is Cc1cc(NCc2ccc(C#N)cc2)cc(C)c1Br. The Morgan fingerprint density at radius 1 is 1.11 bits per heavy atom. The van der Waals surface area contributed by atoms with E-state index in [1.807, 2.05) is 24.3 Å². The maximum atomic E-state index is 8.75. The second-order valence-corrected chi connectivity index (χ2v) is 5.38. The number of nitriles is 1. The van der Waals surface area contributed by atoms with Gasteiger partial charge in [0.15, 0.2) is 0 Å². The lowest BCUT2D eigenvalue weighted by Crippen LogP contribution is -2.00. The van der Waals surface area contributed by atoms with Crippen molar-refractivity contribution in [3.63, 3.8) is 0 Å². The minimum absolute atomic E-state index is 0.694. The highest BCUT2D eigenvalue weighted by Crippen LogP contribution is 2.25. The Hall–Kier alpha value is -1.79. The van der Waals surface area contributed by atoms with E-state index in [1.165, 1.54) is 11.1 Å². The third-order valence-corrected chi connectivity index (χ3v) is 4.27. The molecule has 2 rings (SSSR count). The van der Waals surface area contributed by atoms with Gasteiger partial charge in [-0.05, 0) is 54.8 Å². The third-order valence-electron chi connectivity index (χ3n) is 3.02. The predicted molar refractivity (Wildman–Crippen MR) is 82.1 cm³/mol. The molecule has 96 valence electrons. The molecular formula is C16H15BrN2. The summed E-state index contributed by atoms with van der Waals surface area (Å²) in [5.41, 5.74) is 5.42. The standard InChI is InChI=1S/C16H15BrN2/c1-11-7-15(8-12(2)16(11)17)19-10-14-5-3-13(9-18)4-6-14/h3-8,19H,10H2,1-2H3. The first-order valence-electron chi connectivity index (χ1n) is 6.10. The van der Waals surface area contributed by atoms with Gasteiger partial charge in [0, 0.05) is 16.7 Å².